The third-order valence-corrected chi connectivity index (χ3v) is 6.50. The van der Waals surface area contributed by atoms with Gasteiger partial charge in [0.25, 0.3) is 5.91 Å². The minimum atomic E-state index is -0.703. The molecule has 2 aromatic carbocycles. The molecule has 1 aliphatic rings. The molecule has 3 rings (SSSR count). The van der Waals surface area contributed by atoms with E-state index < -0.39 is 11.8 Å². The number of nitrogens with zero attached hydrogens (tertiary/aromatic N) is 2. The van der Waals surface area contributed by atoms with Crippen molar-refractivity contribution in [2.75, 3.05) is 51.2 Å². The average molecular weight is 545 g/mol. The van der Waals surface area contributed by atoms with E-state index in [1.54, 1.807) is 24.3 Å². The van der Waals surface area contributed by atoms with Crippen molar-refractivity contribution in [3.8, 4) is 5.75 Å². The van der Waals surface area contributed by atoms with Gasteiger partial charge in [0.1, 0.15) is 5.75 Å². The maximum Gasteiger partial charge on any atom is 0.313 e. The first kappa shape index (κ1) is 26.7. The van der Waals surface area contributed by atoms with Crippen molar-refractivity contribution in [1.29, 1.82) is 0 Å². The van der Waals surface area contributed by atoms with Crippen LogP contribution in [0.3, 0.4) is 0 Å². The summed E-state index contributed by atoms with van der Waals surface area (Å²) >= 11 is 3.44. The van der Waals surface area contributed by atoms with Crippen LogP contribution < -0.4 is 15.4 Å². The zero-order valence-electron chi connectivity index (χ0n) is 20.1. The van der Waals surface area contributed by atoms with Gasteiger partial charge in [0, 0.05) is 49.4 Å². The van der Waals surface area contributed by atoms with E-state index in [-0.39, 0.29) is 5.91 Å². The third kappa shape index (κ3) is 8.36. The normalized spacial score (nSPS) is 13.8. The molecule has 0 aliphatic carbocycles. The Morgan fingerprint density at radius 1 is 0.943 bits per heavy atom. The summed E-state index contributed by atoms with van der Waals surface area (Å²) in [6.45, 7) is 6.44. The summed E-state index contributed by atoms with van der Waals surface area (Å²) in [4.78, 5) is 41.1. The number of carbonyl (C=O) groups excluding carboxylic acids is 3. The predicted octanol–water partition coefficient (Wildman–Crippen LogP) is 3.53. The Kier molecular flexibility index (Phi) is 10.6. The number of benzene rings is 2. The molecule has 1 fully saturated rings. The fraction of sp³-hybridized carbons (Fsp3) is 0.423. The van der Waals surface area contributed by atoms with Gasteiger partial charge in [-0.2, -0.15) is 0 Å². The number of hydrogen-bond acceptors (Lipinski definition) is 5. The molecule has 0 saturated carbocycles. The number of carbonyl (C=O) groups is 3. The fourth-order valence-corrected chi connectivity index (χ4v) is 4.21. The van der Waals surface area contributed by atoms with Crippen molar-refractivity contribution in [3.63, 3.8) is 0 Å². The second-order valence-electron chi connectivity index (χ2n) is 8.40. The molecule has 0 bridgehead atoms. The van der Waals surface area contributed by atoms with E-state index in [1.165, 1.54) is 0 Å². The van der Waals surface area contributed by atoms with Gasteiger partial charge >= 0.3 is 11.8 Å². The van der Waals surface area contributed by atoms with Gasteiger partial charge in [-0.15, -0.1) is 0 Å². The fourth-order valence-electron chi connectivity index (χ4n) is 3.75. The van der Waals surface area contributed by atoms with Gasteiger partial charge in [-0.3, -0.25) is 19.3 Å². The summed E-state index contributed by atoms with van der Waals surface area (Å²) in [5.41, 5.74) is 1.20. The second kappa shape index (κ2) is 13.8. The minimum Gasteiger partial charge on any atom is -0.494 e. The number of hydrogen-bond donors (Lipinski definition) is 2. The molecule has 0 spiro atoms. The topological polar surface area (TPSA) is 91.0 Å². The monoisotopic (exact) mass is 544 g/mol. The van der Waals surface area contributed by atoms with Crippen molar-refractivity contribution in [2.24, 2.45) is 0 Å². The molecule has 2 aromatic rings. The lowest BCUT2D eigenvalue weighted by Gasteiger charge is -2.34. The van der Waals surface area contributed by atoms with E-state index in [2.05, 4.69) is 38.4 Å². The molecule has 0 atom stereocenters. The van der Waals surface area contributed by atoms with Crippen molar-refractivity contribution in [2.45, 2.75) is 26.2 Å². The van der Waals surface area contributed by atoms with Crippen LogP contribution in [0.15, 0.2) is 53.0 Å². The SMILES string of the molecule is CCCCCOc1ccc(NC(=O)C(=O)NCCN2CCN(C(=O)c3ccccc3Br)CC2)cc1. The highest BCUT2D eigenvalue weighted by atomic mass is 79.9. The lowest BCUT2D eigenvalue weighted by atomic mass is 10.2. The Labute approximate surface area is 215 Å². The van der Waals surface area contributed by atoms with E-state index in [9.17, 15) is 14.4 Å². The van der Waals surface area contributed by atoms with Crippen LogP contribution in [-0.4, -0.2) is 73.4 Å². The molecule has 35 heavy (non-hydrogen) atoms. The molecule has 8 nitrogen and oxygen atoms in total. The van der Waals surface area contributed by atoms with Crippen LogP contribution in [-0.2, 0) is 9.59 Å². The second-order valence-corrected chi connectivity index (χ2v) is 9.26. The first-order valence-corrected chi connectivity index (χ1v) is 12.9. The summed E-state index contributed by atoms with van der Waals surface area (Å²) < 4.78 is 6.44. The average Bonchev–Trinajstić information content (AvgIpc) is 2.88. The third-order valence-electron chi connectivity index (χ3n) is 5.81. The lowest BCUT2D eigenvalue weighted by Crippen LogP contribution is -2.50. The summed E-state index contributed by atoms with van der Waals surface area (Å²) in [7, 11) is 0. The van der Waals surface area contributed by atoms with Gasteiger partial charge in [-0.1, -0.05) is 31.9 Å². The number of ether oxygens (including phenoxy) is 1. The highest BCUT2D eigenvalue weighted by molar-refractivity contribution is 9.10. The van der Waals surface area contributed by atoms with Crippen LogP contribution in [0.25, 0.3) is 0 Å². The van der Waals surface area contributed by atoms with E-state index >= 15 is 0 Å². The maximum absolute atomic E-state index is 12.7. The van der Waals surface area contributed by atoms with E-state index in [0.717, 1.165) is 29.5 Å². The van der Waals surface area contributed by atoms with Crippen molar-refractivity contribution in [3.05, 3.63) is 58.6 Å². The summed E-state index contributed by atoms with van der Waals surface area (Å²) in [5.74, 6) is -0.627. The zero-order chi connectivity index (χ0) is 25.0. The molecule has 2 N–H and O–H groups in total. The summed E-state index contributed by atoms with van der Waals surface area (Å²) in [6.07, 6.45) is 3.28. The maximum atomic E-state index is 12.7. The summed E-state index contributed by atoms with van der Waals surface area (Å²) in [6, 6.07) is 14.4. The molecule has 3 amide bonds. The van der Waals surface area contributed by atoms with Gasteiger partial charge in [0.05, 0.1) is 12.2 Å². The van der Waals surface area contributed by atoms with Gasteiger partial charge in [0.2, 0.25) is 0 Å². The zero-order valence-corrected chi connectivity index (χ0v) is 21.7. The number of amides is 3. The van der Waals surface area contributed by atoms with Gasteiger partial charge in [-0.25, -0.2) is 0 Å². The van der Waals surface area contributed by atoms with Crippen LogP contribution >= 0.6 is 15.9 Å². The van der Waals surface area contributed by atoms with E-state index in [1.807, 2.05) is 29.2 Å². The Balaban J connectivity index is 1.33. The van der Waals surface area contributed by atoms with E-state index in [0.29, 0.717) is 57.1 Å². The van der Waals surface area contributed by atoms with Crippen molar-refractivity contribution in [1.82, 2.24) is 15.1 Å². The highest BCUT2D eigenvalue weighted by Gasteiger charge is 2.23. The summed E-state index contributed by atoms with van der Waals surface area (Å²) in [5, 5.41) is 5.27. The lowest BCUT2D eigenvalue weighted by molar-refractivity contribution is -0.136. The molecule has 9 heteroatoms. The largest absolute Gasteiger partial charge is 0.494 e. The predicted molar refractivity (Wildman–Crippen MR) is 140 cm³/mol. The van der Waals surface area contributed by atoms with Gasteiger partial charge < -0.3 is 20.3 Å². The van der Waals surface area contributed by atoms with Crippen LogP contribution in [0.5, 0.6) is 5.75 Å². The number of anilines is 1. The van der Waals surface area contributed by atoms with Crippen LogP contribution in [0, 0.1) is 0 Å². The Bertz CT molecular complexity index is 991. The quantitative estimate of drug-likeness (QED) is 0.352. The smallest absolute Gasteiger partial charge is 0.313 e. The molecule has 0 aromatic heterocycles. The number of halogens is 1. The van der Waals surface area contributed by atoms with Crippen LogP contribution in [0.4, 0.5) is 5.69 Å². The van der Waals surface area contributed by atoms with Gasteiger partial charge in [-0.05, 0) is 58.7 Å². The van der Waals surface area contributed by atoms with Crippen LogP contribution in [0.2, 0.25) is 0 Å². The van der Waals surface area contributed by atoms with Crippen LogP contribution in [0.1, 0.15) is 36.5 Å². The van der Waals surface area contributed by atoms with Gasteiger partial charge in [0.15, 0.2) is 0 Å². The molecule has 1 heterocycles. The van der Waals surface area contributed by atoms with Crippen molar-refractivity contribution < 1.29 is 19.1 Å². The first-order valence-electron chi connectivity index (χ1n) is 12.1. The number of piperazine rings is 1. The standard InChI is InChI=1S/C26H33BrN4O4/c1-2-3-6-19-35-21-11-9-20(10-12-21)29-25(33)24(32)28-13-14-30-15-17-31(18-16-30)26(34)22-7-4-5-8-23(22)27/h4-5,7-12H,2-3,6,13-19H2,1H3,(H,28,32)(H,29,33). The number of rotatable bonds is 10. The number of nitrogens with one attached hydrogen (secondary N) is 2. The van der Waals surface area contributed by atoms with E-state index in [4.69, 9.17) is 4.74 Å². The molecule has 0 radical (unpaired) electrons. The molecular weight excluding hydrogens is 512 g/mol. The molecule has 1 aliphatic heterocycles. The minimum absolute atomic E-state index is 0.0122. The number of unbranched alkanes of at least 4 members (excludes halogenated alkanes) is 2. The molecular formula is C26H33BrN4O4. The molecule has 188 valence electrons. The Morgan fingerprint density at radius 3 is 2.34 bits per heavy atom. The Hall–Kier alpha value is -2.91. The first-order chi connectivity index (χ1) is 17.0. The Morgan fingerprint density at radius 2 is 1.66 bits per heavy atom. The molecule has 0 unspecified atom stereocenters. The molecule has 1 saturated heterocycles. The highest BCUT2D eigenvalue weighted by Crippen LogP contribution is 2.19. The van der Waals surface area contributed by atoms with Crippen molar-refractivity contribution >= 4 is 39.3 Å².